The van der Waals surface area contributed by atoms with E-state index in [2.05, 4.69) is 200 Å². The number of hydrogen-bond acceptors (Lipinski definition) is 3. The van der Waals surface area contributed by atoms with Gasteiger partial charge in [0.1, 0.15) is 0 Å². The van der Waals surface area contributed by atoms with Crippen LogP contribution in [0.2, 0.25) is 17.3 Å². The summed E-state index contributed by atoms with van der Waals surface area (Å²) < 4.78 is 6.35. The number of rotatable bonds is 7. The van der Waals surface area contributed by atoms with Gasteiger partial charge in [-0.25, -0.2) is 0 Å². The Hall–Kier alpha value is -5.69. The summed E-state index contributed by atoms with van der Waals surface area (Å²) in [5.41, 5.74) is 10.2. The Kier molecular flexibility index (Phi) is 12.1. The molecule has 8 aromatic carbocycles. The predicted octanol–water partition coefficient (Wildman–Crippen LogP) is 15.1. The van der Waals surface area contributed by atoms with E-state index in [1.54, 1.807) is 4.40 Å². The van der Waals surface area contributed by atoms with Crippen LogP contribution < -0.4 is 4.40 Å². The molecule has 0 fully saturated rings. The molecular weight excluding hydrogens is 1020 g/mol. The van der Waals surface area contributed by atoms with Gasteiger partial charge < -0.3 is 4.57 Å². The second-order valence-electron chi connectivity index (χ2n) is 17.5. The van der Waals surface area contributed by atoms with Crippen LogP contribution in [0.1, 0.15) is 19.4 Å². The summed E-state index contributed by atoms with van der Waals surface area (Å²) in [6.45, 7) is 4.57. The van der Waals surface area contributed by atoms with Gasteiger partial charge in [0, 0.05) is 35.9 Å². The van der Waals surface area contributed by atoms with Crippen LogP contribution in [0.15, 0.2) is 176 Å². The average Bonchev–Trinajstić information content (AvgIpc) is 3.89. The standard InChI is InChI=1S/C39H23N2S.C18H24GeN.Ir/c1-2-10-25(11-3-1)27-13-8-14-28(24-27)41-35-23-22-30-29-15-5-4-12-26(29)20-21-32(30)37(35)40-39(41)34-18-9-17-33-31-16-6-7-19-36(31)42-38(33)34;1-14(2)11-16-12-18(15-9-7-6-8-10-15)20-13-17(16)19(3,4)5;/h1-17,19-24H;6-9,12-14H,11H2,1-5H3;/q2*-1;. The summed E-state index contributed by atoms with van der Waals surface area (Å²) in [4.78, 5) is 10.2. The van der Waals surface area contributed by atoms with E-state index in [9.17, 15) is 0 Å². The summed E-state index contributed by atoms with van der Waals surface area (Å²) in [7, 11) is 0. The van der Waals surface area contributed by atoms with Gasteiger partial charge in [-0.3, -0.25) is 4.98 Å². The Morgan fingerprint density at radius 2 is 1.38 bits per heavy atom. The van der Waals surface area contributed by atoms with Crippen molar-refractivity contribution >= 4 is 81.7 Å². The van der Waals surface area contributed by atoms with Gasteiger partial charge in [-0.2, -0.15) is 11.3 Å². The largest absolute Gasteiger partial charge is 0.333 e. The van der Waals surface area contributed by atoms with Crippen LogP contribution in [0.5, 0.6) is 0 Å². The van der Waals surface area contributed by atoms with Gasteiger partial charge in [0.2, 0.25) is 0 Å². The van der Waals surface area contributed by atoms with E-state index >= 15 is 0 Å². The van der Waals surface area contributed by atoms with Crippen molar-refractivity contribution in [3.63, 3.8) is 0 Å². The molecule has 1 radical (unpaired) electrons. The minimum atomic E-state index is -1.86. The SMILES string of the molecule is CC(C)Cc1cc(-c2[c-]cccc2)nc[c]1[Ge]([CH3])([CH3])[CH3].[Ir].[c-]1ccc2c(sc3ccccc32)c1-c1nc2c3ccc4ccccc4c3ccc2n1-c1cccc(-c2ccccc2)c1. The third kappa shape index (κ3) is 8.32. The zero-order valence-electron chi connectivity index (χ0n) is 36.1. The summed E-state index contributed by atoms with van der Waals surface area (Å²) >= 11 is -0.0402. The van der Waals surface area contributed by atoms with E-state index < -0.39 is 13.3 Å². The van der Waals surface area contributed by atoms with Gasteiger partial charge in [0.05, 0.1) is 16.9 Å². The molecule has 0 bridgehead atoms. The molecule has 11 rings (SSSR count). The number of pyridine rings is 1. The topological polar surface area (TPSA) is 30.7 Å². The van der Waals surface area contributed by atoms with Crippen molar-refractivity contribution in [2.24, 2.45) is 5.92 Å². The molecule has 6 heteroatoms. The Balaban J connectivity index is 0.000000204. The van der Waals surface area contributed by atoms with E-state index in [1.807, 2.05) is 35.6 Å². The second-order valence-corrected chi connectivity index (χ2v) is 29.2. The Labute approximate surface area is 390 Å². The van der Waals surface area contributed by atoms with E-state index in [4.69, 9.17) is 9.97 Å². The maximum absolute atomic E-state index is 5.46. The number of aromatic nitrogens is 3. The van der Waals surface area contributed by atoms with Crippen molar-refractivity contribution in [2.75, 3.05) is 0 Å². The fourth-order valence-electron chi connectivity index (χ4n) is 8.85. The van der Waals surface area contributed by atoms with Crippen LogP contribution >= 0.6 is 11.3 Å². The molecule has 0 aliphatic rings. The molecular formula is C57H47GeIrN3S-2. The third-order valence-corrected chi connectivity index (χ3v) is 17.3. The molecule has 3 nitrogen and oxygen atoms in total. The summed E-state index contributed by atoms with van der Waals surface area (Å²) in [5.74, 6) is 8.90. The summed E-state index contributed by atoms with van der Waals surface area (Å²) in [6.07, 6.45) is 3.27. The molecule has 0 aliphatic carbocycles. The van der Waals surface area contributed by atoms with Crippen LogP contribution in [-0.2, 0) is 26.5 Å². The number of benzene rings is 8. The molecule has 63 heavy (non-hydrogen) atoms. The van der Waals surface area contributed by atoms with Gasteiger partial charge in [0.15, 0.2) is 0 Å². The first-order valence-electron chi connectivity index (χ1n) is 21.5. The van der Waals surface area contributed by atoms with E-state index in [-0.39, 0.29) is 20.1 Å². The summed E-state index contributed by atoms with van der Waals surface area (Å²) in [6, 6.07) is 67.0. The van der Waals surface area contributed by atoms with Crippen molar-refractivity contribution < 1.29 is 20.1 Å². The number of fused-ring (bicyclic) bond motifs is 8. The Morgan fingerprint density at radius 3 is 2.17 bits per heavy atom. The van der Waals surface area contributed by atoms with Crippen LogP contribution in [0.4, 0.5) is 0 Å². The zero-order chi connectivity index (χ0) is 42.4. The molecule has 0 spiro atoms. The number of nitrogens with zero attached hydrogens (tertiary/aromatic N) is 3. The molecule has 0 aliphatic heterocycles. The first-order valence-corrected chi connectivity index (χ1v) is 29.6. The first kappa shape index (κ1) is 42.6. The van der Waals surface area contributed by atoms with E-state index in [0.29, 0.717) is 5.92 Å². The van der Waals surface area contributed by atoms with Gasteiger partial charge >= 0.3 is 126 Å². The minimum Gasteiger partial charge on any atom is -0.333 e. The molecule has 0 saturated carbocycles. The van der Waals surface area contributed by atoms with Crippen molar-refractivity contribution in [1.82, 2.24) is 14.5 Å². The maximum atomic E-state index is 5.46. The Bertz CT molecular complexity index is 3400. The number of imidazole rings is 1. The molecule has 3 aromatic heterocycles. The Morgan fingerprint density at radius 1 is 0.635 bits per heavy atom. The monoisotopic (exact) mass is 1070 g/mol. The van der Waals surface area contributed by atoms with Gasteiger partial charge in [-0.15, -0.1) is 18.2 Å². The van der Waals surface area contributed by atoms with E-state index in [0.717, 1.165) is 51.2 Å². The fourth-order valence-corrected chi connectivity index (χ4v) is 13.4. The second kappa shape index (κ2) is 17.8. The van der Waals surface area contributed by atoms with Crippen LogP contribution in [0.25, 0.3) is 92.2 Å². The van der Waals surface area contributed by atoms with Crippen molar-refractivity contribution in [3.8, 4) is 39.5 Å². The normalized spacial score (nSPS) is 11.7. The third-order valence-electron chi connectivity index (χ3n) is 11.7. The van der Waals surface area contributed by atoms with Gasteiger partial charge in [-0.1, -0.05) is 114 Å². The van der Waals surface area contributed by atoms with Crippen LogP contribution in [0.3, 0.4) is 0 Å². The number of thiophene rings is 1. The molecule has 0 atom stereocenters. The van der Waals surface area contributed by atoms with Gasteiger partial charge in [0.25, 0.3) is 0 Å². The number of hydrogen-bond donors (Lipinski definition) is 0. The van der Waals surface area contributed by atoms with Crippen LogP contribution in [-0.4, -0.2) is 27.8 Å². The summed E-state index contributed by atoms with van der Waals surface area (Å²) in [5, 5.41) is 7.39. The molecule has 0 amide bonds. The zero-order valence-corrected chi connectivity index (χ0v) is 41.4. The van der Waals surface area contributed by atoms with Crippen LogP contribution in [0, 0.1) is 18.1 Å². The molecule has 0 saturated heterocycles. The molecule has 0 unspecified atom stereocenters. The fraction of sp³-hybridized carbons (Fsp3) is 0.123. The predicted molar refractivity (Wildman–Crippen MR) is 269 cm³/mol. The van der Waals surface area contributed by atoms with Crippen molar-refractivity contribution in [3.05, 3.63) is 194 Å². The molecule has 11 aromatic rings. The van der Waals surface area contributed by atoms with Crippen molar-refractivity contribution in [1.29, 1.82) is 0 Å². The average molecular weight is 1070 g/mol. The van der Waals surface area contributed by atoms with E-state index in [1.165, 1.54) is 53.0 Å². The van der Waals surface area contributed by atoms with Crippen molar-refractivity contribution in [2.45, 2.75) is 37.5 Å². The quantitative estimate of drug-likeness (QED) is 0.0905. The molecule has 0 N–H and O–H groups in total. The first-order chi connectivity index (χ1) is 30.2. The molecule has 3 heterocycles. The van der Waals surface area contributed by atoms with Gasteiger partial charge in [-0.05, 0) is 61.6 Å². The molecule has 311 valence electrons. The maximum Gasteiger partial charge on any atom is 0.0852 e. The minimum absolute atomic E-state index is 0. The smallest absolute Gasteiger partial charge is 0.0852 e.